The molecule has 2 heterocycles. The SMILES string of the molecule is CCOC(=O)Nc1nc(CC(=O)N2CCc3cc(OC)c(OC)cc3C2)cs1. The second-order valence-corrected chi connectivity index (χ2v) is 7.07. The van der Waals surface area contributed by atoms with Gasteiger partial charge in [0.15, 0.2) is 16.6 Å². The monoisotopic (exact) mass is 405 g/mol. The van der Waals surface area contributed by atoms with Crippen LogP contribution in [0.15, 0.2) is 17.5 Å². The standard InChI is InChI=1S/C19H23N3O5S/c1-4-27-19(24)21-18-20-14(11-28-18)9-17(23)22-6-5-12-7-15(25-2)16(26-3)8-13(12)10-22/h7-8,11H,4-6,9-10H2,1-3H3,(H,20,21,24). The number of aromatic nitrogens is 1. The van der Waals surface area contributed by atoms with Crippen LogP contribution >= 0.6 is 11.3 Å². The quantitative estimate of drug-likeness (QED) is 0.795. The minimum absolute atomic E-state index is 0.00609. The highest BCUT2D eigenvalue weighted by Crippen LogP contribution is 2.33. The number of carbonyl (C=O) groups excluding carboxylic acids is 2. The molecule has 0 aliphatic carbocycles. The van der Waals surface area contributed by atoms with Crippen molar-refractivity contribution >= 4 is 28.5 Å². The van der Waals surface area contributed by atoms with Crippen LogP contribution in [0.4, 0.5) is 9.93 Å². The van der Waals surface area contributed by atoms with Gasteiger partial charge in [-0.3, -0.25) is 10.1 Å². The maximum absolute atomic E-state index is 12.7. The maximum atomic E-state index is 12.7. The molecule has 0 fully saturated rings. The van der Waals surface area contributed by atoms with Crippen molar-refractivity contribution in [3.8, 4) is 11.5 Å². The number of hydrogen-bond acceptors (Lipinski definition) is 7. The Morgan fingerprint density at radius 3 is 2.61 bits per heavy atom. The van der Waals surface area contributed by atoms with E-state index in [-0.39, 0.29) is 18.9 Å². The van der Waals surface area contributed by atoms with Gasteiger partial charge in [-0.1, -0.05) is 0 Å². The molecule has 0 spiro atoms. The zero-order chi connectivity index (χ0) is 20.1. The van der Waals surface area contributed by atoms with Crippen LogP contribution in [0.5, 0.6) is 11.5 Å². The molecule has 9 heteroatoms. The van der Waals surface area contributed by atoms with Crippen LogP contribution in [0.3, 0.4) is 0 Å². The normalized spacial score (nSPS) is 12.9. The Morgan fingerprint density at radius 2 is 1.93 bits per heavy atom. The molecule has 1 N–H and O–H groups in total. The van der Waals surface area contributed by atoms with E-state index in [0.717, 1.165) is 17.5 Å². The number of rotatable bonds is 6. The Kier molecular flexibility index (Phi) is 6.35. The molecule has 0 saturated heterocycles. The summed E-state index contributed by atoms with van der Waals surface area (Å²) in [6.45, 7) is 3.18. The van der Waals surface area contributed by atoms with Gasteiger partial charge in [-0.15, -0.1) is 11.3 Å². The molecule has 2 aromatic rings. The van der Waals surface area contributed by atoms with Gasteiger partial charge in [0.05, 0.1) is 32.9 Å². The number of benzene rings is 1. The molecule has 3 rings (SSSR count). The first kappa shape index (κ1) is 19.9. The molecule has 1 aromatic carbocycles. The van der Waals surface area contributed by atoms with Crippen LogP contribution < -0.4 is 14.8 Å². The first-order chi connectivity index (χ1) is 13.5. The maximum Gasteiger partial charge on any atom is 0.413 e. The summed E-state index contributed by atoms with van der Waals surface area (Å²) in [6, 6.07) is 3.90. The van der Waals surface area contributed by atoms with Gasteiger partial charge < -0.3 is 19.1 Å². The Bertz CT molecular complexity index is 867. The van der Waals surface area contributed by atoms with E-state index in [2.05, 4.69) is 10.3 Å². The molecular weight excluding hydrogens is 382 g/mol. The highest BCUT2D eigenvalue weighted by Gasteiger charge is 2.23. The molecule has 0 radical (unpaired) electrons. The number of fused-ring (bicyclic) bond motifs is 1. The van der Waals surface area contributed by atoms with Crippen LogP contribution in [0.2, 0.25) is 0 Å². The fourth-order valence-electron chi connectivity index (χ4n) is 3.06. The Morgan fingerprint density at radius 1 is 1.21 bits per heavy atom. The second-order valence-electron chi connectivity index (χ2n) is 6.21. The van der Waals surface area contributed by atoms with Crippen LogP contribution in [-0.2, 0) is 28.9 Å². The molecule has 0 saturated carbocycles. The van der Waals surface area contributed by atoms with Crippen molar-refractivity contribution in [3.63, 3.8) is 0 Å². The number of amides is 2. The van der Waals surface area contributed by atoms with Crippen LogP contribution in [0.1, 0.15) is 23.7 Å². The van der Waals surface area contributed by atoms with Gasteiger partial charge in [-0.2, -0.15) is 0 Å². The summed E-state index contributed by atoms with van der Waals surface area (Å²) < 4.78 is 15.5. The number of nitrogens with one attached hydrogen (secondary N) is 1. The Balaban J connectivity index is 1.63. The number of carbonyl (C=O) groups is 2. The van der Waals surface area contributed by atoms with E-state index in [1.807, 2.05) is 17.0 Å². The minimum Gasteiger partial charge on any atom is -0.493 e. The highest BCUT2D eigenvalue weighted by atomic mass is 32.1. The summed E-state index contributed by atoms with van der Waals surface area (Å²) in [6.07, 6.45) is 0.393. The van der Waals surface area contributed by atoms with E-state index in [9.17, 15) is 9.59 Å². The van der Waals surface area contributed by atoms with Crippen molar-refractivity contribution in [2.24, 2.45) is 0 Å². The third-order valence-electron chi connectivity index (χ3n) is 4.44. The number of thiazole rings is 1. The van der Waals surface area contributed by atoms with E-state index in [1.54, 1.807) is 26.5 Å². The minimum atomic E-state index is -0.549. The van der Waals surface area contributed by atoms with Gasteiger partial charge in [-0.25, -0.2) is 9.78 Å². The van der Waals surface area contributed by atoms with Crippen molar-refractivity contribution in [1.29, 1.82) is 0 Å². The average Bonchev–Trinajstić information content (AvgIpc) is 3.12. The summed E-state index contributed by atoms with van der Waals surface area (Å²) in [4.78, 5) is 30.3. The number of anilines is 1. The lowest BCUT2D eigenvalue weighted by molar-refractivity contribution is -0.131. The van der Waals surface area contributed by atoms with Gasteiger partial charge in [0.2, 0.25) is 5.91 Å². The van der Waals surface area contributed by atoms with E-state index in [4.69, 9.17) is 14.2 Å². The number of ether oxygens (including phenoxy) is 3. The van der Waals surface area contributed by atoms with Gasteiger partial charge in [0, 0.05) is 18.5 Å². The van der Waals surface area contributed by atoms with E-state index in [0.29, 0.717) is 35.4 Å². The molecule has 150 valence electrons. The first-order valence-electron chi connectivity index (χ1n) is 8.93. The van der Waals surface area contributed by atoms with Crippen molar-refractivity contribution in [3.05, 3.63) is 34.3 Å². The molecule has 28 heavy (non-hydrogen) atoms. The van der Waals surface area contributed by atoms with Crippen molar-refractivity contribution < 1.29 is 23.8 Å². The lowest BCUT2D eigenvalue weighted by Gasteiger charge is -2.29. The molecule has 0 bridgehead atoms. The molecule has 1 aliphatic heterocycles. The van der Waals surface area contributed by atoms with Gasteiger partial charge in [-0.05, 0) is 36.6 Å². The topological polar surface area (TPSA) is 90.0 Å². The first-order valence-corrected chi connectivity index (χ1v) is 9.81. The zero-order valence-electron chi connectivity index (χ0n) is 16.1. The third-order valence-corrected chi connectivity index (χ3v) is 5.25. The summed E-state index contributed by atoms with van der Waals surface area (Å²) in [5.74, 6) is 1.35. The van der Waals surface area contributed by atoms with Crippen molar-refractivity contribution in [2.45, 2.75) is 26.3 Å². The van der Waals surface area contributed by atoms with Crippen LogP contribution in [-0.4, -0.2) is 49.3 Å². The smallest absolute Gasteiger partial charge is 0.413 e. The third kappa shape index (κ3) is 4.53. The second kappa shape index (κ2) is 8.92. The summed E-state index contributed by atoms with van der Waals surface area (Å²) in [5, 5.41) is 4.74. The Hall–Kier alpha value is -2.81. The van der Waals surface area contributed by atoms with Gasteiger partial charge in [0.25, 0.3) is 0 Å². The predicted octanol–water partition coefficient (Wildman–Crippen LogP) is 2.86. The summed E-state index contributed by atoms with van der Waals surface area (Å²) >= 11 is 1.27. The van der Waals surface area contributed by atoms with E-state index < -0.39 is 6.09 Å². The molecule has 8 nitrogen and oxygen atoms in total. The predicted molar refractivity (Wildman–Crippen MR) is 105 cm³/mol. The molecular formula is C19H23N3O5S. The average molecular weight is 405 g/mol. The van der Waals surface area contributed by atoms with E-state index >= 15 is 0 Å². The lowest BCUT2D eigenvalue weighted by atomic mass is 9.98. The summed E-state index contributed by atoms with van der Waals surface area (Å²) in [7, 11) is 3.21. The zero-order valence-corrected chi connectivity index (χ0v) is 16.9. The molecule has 1 aliphatic rings. The largest absolute Gasteiger partial charge is 0.493 e. The van der Waals surface area contributed by atoms with Gasteiger partial charge in [0.1, 0.15) is 0 Å². The van der Waals surface area contributed by atoms with E-state index in [1.165, 1.54) is 11.3 Å². The van der Waals surface area contributed by atoms with Crippen molar-refractivity contribution in [2.75, 3.05) is 32.7 Å². The highest BCUT2D eigenvalue weighted by molar-refractivity contribution is 7.13. The van der Waals surface area contributed by atoms with Crippen LogP contribution in [0, 0.1) is 0 Å². The molecule has 2 amide bonds. The fourth-order valence-corrected chi connectivity index (χ4v) is 3.76. The number of hydrogen-bond donors (Lipinski definition) is 1. The molecule has 1 aromatic heterocycles. The summed E-state index contributed by atoms with van der Waals surface area (Å²) in [5.41, 5.74) is 2.84. The van der Waals surface area contributed by atoms with Crippen LogP contribution in [0.25, 0.3) is 0 Å². The lowest BCUT2D eigenvalue weighted by Crippen LogP contribution is -2.37. The Labute approximate surface area is 167 Å². The fraction of sp³-hybridized carbons (Fsp3) is 0.421. The molecule has 0 unspecified atom stereocenters. The number of methoxy groups -OCH3 is 2. The van der Waals surface area contributed by atoms with Gasteiger partial charge >= 0.3 is 6.09 Å². The van der Waals surface area contributed by atoms with Crippen molar-refractivity contribution in [1.82, 2.24) is 9.88 Å². The number of nitrogens with zero attached hydrogens (tertiary/aromatic N) is 2. The molecule has 0 atom stereocenters.